The zero-order valence-corrected chi connectivity index (χ0v) is 12.0. The lowest BCUT2D eigenvalue weighted by Gasteiger charge is -2.23. The average Bonchev–Trinajstić information content (AvgIpc) is 2.79. The number of likely N-dealkylation sites (N-methyl/N-ethyl adjacent to an activating group) is 1. The monoisotopic (exact) mass is 242 g/mol. The molecule has 0 aromatic carbocycles. The zero-order valence-electron chi connectivity index (χ0n) is 12.0. The van der Waals surface area contributed by atoms with Crippen molar-refractivity contribution in [3.05, 3.63) is 0 Å². The van der Waals surface area contributed by atoms with E-state index >= 15 is 0 Å². The molecular weight excluding hydrogens is 212 g/mol. The molecule has 0 aromatic heterocycles. The highest BCUT2D eigenvalue weighted by molar-refractivity contribution is 4.76. The van der Waals surface area contributed by atoms with Gasteiger partial charge in [-0.3, -0.25) is 0 Å². The standard InChI is InChI=1S/C14H30N2O/c1-12(2)7-9-16(4)10-8-15-13(3)14-6-5-11-17-14/h12-15H,5-11H2,1-4H3. The summed E-state index contributed by atoms with van der Waals surface area (Å²) in [5.74, 6) is 0.802. The van der Waals surface area contributed by atoms with Crippen LogP contribution in [-0.2, 0) is 4.74 Å². The first kappa shape index (κ1) is 14.9. The summed E-state index contributed by atoms with van der Waals surface area (Å²) in [5.41, 5.74) is 0. The lowest BCUT2D eigenvalue weighted by atomic mass is 10.1. The Balaban J connectivity index is 2.02. The van der Waals surface area contributed by atoms with E-state index in [1.54, 1.807) is 0 Å². The minimum absolute atomic E-state index is 0.441. The zero-order chi connectivity index (χ0) is 12.7. The van der Waals surface area contributed by atoms with Crippen molar-refractivity contribution in [1.29, 1.82) is 0 Å². The quantitative estimate of drug-likeness (QED) is 0.705. The van der Waals surface area contributed by atoms with Crippen molar-refractivity contribution in [2.75, 3.05) is 33.3 Å². The molecule has 1 saturated heterocycles. The second-order valence-corrected chi connectivity index (χ2v) is 5.78. The Kier molecular flexibility index (Phi) is 7.09. The summed E-state index contributed by atoms with van der Waals surface area (Å²) in [5, 5.41) is 3.58. The summed E-state index contributed by atoms with van der Waals surface area (Å²) in [4.78, 5) is 2.41. The van der Waals surface area contributed by atoms with Crippen LogP contribution in [-0.4, -0.2) is 50.3 Å². The van der Waals surface area contributed by atoms with Gasteiger partial charge in [-0.2, -0.15) is 0 Å². The molecule has 1 fully saturated rings. The van der Waals surface area contributed by atoms with Gasteiger partial charge in [-0.1, -0.05) is 13.8 Å². The van der Waals surface area contributed by atoms with Crippen molar-refractivity contribution >= 4 is 0 Å². The maximum absolute atomic E-state index is 5.68. The van der Waals surface area contributed by atoms with Crippen molar-refractivity contribution in [1.82, 2.24) is 10.2 Å². The van der Waals surface area contributed by atoms with Crippen molar-refractivity contribution in [3.63, 3.8) is 0 Å². The smallest absolute Gasteiger partial charge is 0.0726 e. The van der Waals surface area contributed by atoms with Crippen LogP contribution in [0.15, 0.2) is 0 Å². The van der Waals surface area contributed by atoms with Crippen LogP contribution >= 0.6 is 0 Å². The molecule has 1 heterocycles. The third-order valence-corrected chi connectivity index (χ3v) is 3.57. The molecule has 1 aliphatic rings. The fourth-order valence-corrected chi connectivity index (χ4v) is 2.20. The van der Waals surface area contributed by atoms with E-state index in [2.05, 4.69) is 38.0 Å². The maximum Gasteiger partial charge on any atom is 0.0726 e. The van der Waals surface area contributed by atoms with E-state index in [4.69, 9.17) is 4.74 Å². The molecule has 1 aliphatic heterocycles. The van der Waals surface area contributed by atoms with Crippen LogP contribution in [0.25, 0.3) is 0 Å². The van der Waals surface area contributed by atoms with Crippen molar-refractivity contribution in [2.24, 2.45) is 5.92 Å². The third kappa shape index (κ3) is 6.39. The Morgan fingerprint density at radius 3 is 2.65 bits per heavy atom. The second-order valence-electron chi connectivity index (χ2n) is 5.78. The van der Waals surface area contributed by atoms with Crippen LogP contribution < -0.4 is 5.32 Å². The van der Waals surface area contributed by atoms with E-state index in [-0.39, 0.29) is 0 Å². The number of rotatable bonds is 8. The summed E-state index contributed by atoms with van der Waals surface area (Å²) in [6.45, 7) is 11.2. The summed E-state index contributed by atoms with van der Waals surface area (Å²) >= 11 is 0. The minimum Gasteiger partial charge on any atom is -0.377 e. The number of ether oxygens (including phenoxy) is 1. The van der Waals surface area contributed by atoms with Gasteiger partial charge in [0.1, 0.15) is 0 Å². The maximum atomic E-state index is 5.68. The lowest BCUT2D eigenvalue weighted by molar-refractivity contribution is 0.0829. The van der Waals surface area contributed by atoms with E-state index < -0.39 is 0 Å². The van der Waals surface area contributed by atoms with Crippen molar-refractivity contribution in [2.45, 2.75) is 52.2 Å². The van der Waals surface area contributed by atoms with Crippen LogP contribution in [0.2, 0.25) is 0 Å². The molecule has 0 amide bonds. The molecule has 102 valence electrons. The van der Waals surface area contributed by atoms with Gasteiger partial charge in [0.25, 0.3) is 0 Å². The Morgan fingerprint density at radius 2 is 2.06 bits per heavy atom. The molecule has 0 aliphatic carbocycles. The van der Waals surface area contributed by atoms with Gasteiger partial charge in [-0.25, -0.2) is 0 Å². The van der Waals surface area contributed by atoms with E-state index in [0.29, 0.717) is 12.1 Å². The van der Waals surface area contributed by atoms with Crippen LogP contribution in [0.5, 0.6) is 0 Å². The molecule has 3 nitrogen and oxygen atoms in total. The van der Waals surface area contributed by atoms with Gasteiger partial charge in [0.15, 0.2) is 0 Å². The SMILES string of the molecule is CC(C)CCN(C)CCNC(C)C1CCCO1. The summed E-state index contributed by atoms with van der Waals surface area (Å²) in [7, 11) is 2.21. The normalized spacial score (nSPS) is 22.6. The fraction of sp³-hybridized carbons (Fsp3) is 1.00. The van der Waals surface area contributed by atoms with Gasteiger partial charge >= 0.3 is 0 Å². The molecule has 2 atom stereocenters. The molecule has 0 spiro atoms. The first-order valence-electron chi connectivity index (χ1n) is 7.13. The molecule has 1 N–H and O–H groups in total. The Bertz CT molecular complexity index is 191. The Labute approximate surface area is 107 Å². The third-order valence-electron chi connectivity index (χ3n) is 3.57. The average molecular weight is 242 g/mol. The first-order chi connectivity index (χ1) is 8.09. The van der Waals surface area contributed by atoms with Gasteiger partial charge in [0, 0.05) is 25.7 Å². The number of nitrogens with zero attached hydrogens (tertiary/aromatic N) is 1. The largest absolute Gasteiger partial charge is 0.377 e. The van der Waals surface area contributed by atoms with Crippen molar-refractivity contribution < 1.29 is 4.74 Å². The molecule has 17 heavy (non-hydrogen) atoms. The lowest BCUT2D eigenvalue weighted by Crippen LogP contribution is -2.41. The molecule has 0 saturated carbocycles. The highest BCUT2D eigenvalue weighted by Crippen LogP contribution is 2.15. The molecule has 0 aromatic rings. The molecular formula is C14H30N2O. The number of nitrogens with one attached hydrogen (secondary N) is 1. The Hall–Kier alpha value is -0.120. The number of hydrogen-bond donors (Lipinski definition) is 1. The van der Waals surface area contributed by atoms with E-state index in [1.807, 2.05) is 0 Å². The van der Waals surface area contributed by atoms with E-state index in [0.717, 1.165) is 25.6 Å². The summed E-state index contributed by atoms with van der Waals surface area (Å²) < 4.78 is 5.68. The number of hydrogen-bond acceptors (Lipinski definition) is 3. The van der Waals surface area contributed by atoms with Gasteiger partial charge in [-0.15, -0.1) is 0 Å². The topological polar surface area (TPSA) is 24.5 Å². The van der Waals surface area contributed by atoms with Gasteiger partial charge in [0.05, 0.1) is 6.10 Å². The van der Waals surface area contributed by atoms with E-state index in [9.17, 15) is 0 Å². The second kappa shape index (κ2) is 8.06. The minimum atomic E-state index is 0.441. The van der Waals surface area contributed by atoms with Gasteiger partial charge < -0.3 is 15.0 Å². The molecule has 3 heteroatoms. The highest BCUT2D eigenvalue weighted by Gasteiger charge is 2.21. The van der Waals surface area contributed by atoms with Gasteiger partial charge in [-0.05, 0) is 45.7 Å². The molecule has 0 bridgehead atoms. The Morgan fingerprint density at radius 1 is 1.29 bits per heavy atom. The summed E-state index contributed by atoms with van der Waals surface area (Å²) in [6.07, 6.45) is 4.18. The van der Waals surface area contributed by atoms with Crippen LogP contribution in [0.4, 0.5) is 0 Å². The molecule has 1 rings (SSSR count). The molecule has 2 unspecified atom stereocenters. The van der Waals surface area contributed by atoms with Crippen LogP contribution in [0, 0.1) is 5.92 Å². The van der Waals surface area contributed by atoms with Gasteiger partial charge in [0.2, 0.25) is 0 Å². The summed E-state index contributed by atoms with van der Waals surface area (Å²) in [6, 6.07) is 0.496. The highest BCUT2D eigenvalue weighted by atomic mass is 16.5. The predicted octanol–water partition coefficient (Wildman–Crippen LogP) is 2.12. The van der Waals surface area contributed by atoms with Crippen molar-refractivity contribution in [3.8, 4) is 0 Å². The van der Waals surface area contributed by atoms with Crippen LogP contribution in [0.1, 0.15) is 40.0 Å². The van der Waals surface area contributed by atoms with Crippen LogP contribution in [0.3, 0.4) is 0 Å². The molecule has 0 radical (unpaired) electrons. The predicted molar refractivity (Wildman–Crippen MR) is 73.4 cm³/mol. The first-order valence-corrected chi connectivity index (χ1v) is 7.13. The van der Waals surface area contributed by atoms with E-state index in [1.165, 1.54) is 25.8 Å². The fourth-order valence-electron chi connectivity index (χ4n) is 2.20.